The number of hydrogen-bond acceptors (Lipinski definition) is 3. The highest BCUT2D eigenvalue weighted by atomic mass is 35.5. The molecule has 0 unspecified atom stereocenters. The van der Waals surface area contributed by atoms with Gasteiger partial charge in [0.05, 0.1) is 18.2 Å². The van der Waals surface area contributed by atoms with E-state index in [4.69, 9.17) is 27.9 Å². The third kappa shape index (κ3) is 2.83. The van der Waals surface area contributed by atoms with Crippen LogP contribution in [0.25, 0.3) is 0 Å². The van der Waals surface area contributed by atoms with Crippen molar-refractivity contribution in [3.05, 3.63) is 63.1 Å². The second kappa shape index (κ2) is 6.96. The molecule has 5 rings (SSSR count). The number of carbonyl (C=O) groups is 1. The van der Waals surface area contributed by atoms with Gasteiger partial charge < -0.3 is 10.1 Å². The Hall–Kier alpha value is -1.71. The van der Waals surface area contributed by atoms with Crippen molar-refractivity contribution in [3.8, 4) is 0 Å². The van der Waals surface area contributed by atoms with Gasteiger partial charge in [-0.2, -0.15) is 0 Å². The number of hydrogen-bond donors (Lipinski definition) is 1. The minimum atomic E-state index is -0.243. The van der Waals surface area contributed by atoms with E-state index < -0.39 is 0 Å². The average Bonchev–Trinajstić information content (AvgIpc) is 3.30. The van der Waals surface area contributed by atoms with E-state index in [-0.39, 0.29) is 12.0 Å². The zero-order valence-electron chi connectivity index (χ0n) is 15.8. The zero-order chi connectivity index (χ0) is 19.4. The Kier molecular flexibility index (Phi) is 4.56. The van der Waals surface area contributed by atoms with Gasteiger partial charge in [-0.15, -0.1) is 0 Å². The lowest BCUT2D eigenvalue weighted by Crippen LogP contribution is -2.35. The maximum Gasteiger partial charge on any atom is 0.338 e. The van der Waals surface area contributed by atoms with Crippen molar-refractivity contribution in [1.29, 1.82) is 0 Å². The van der Waals surface area contributed by atoms with Gasteiger partial charge in [-0.25, -0.2) is 4.79 Å². The van der Waals surface area contributed by atoms with Crippen LogP contribution in [0.3, 0.4) is 0 Å². The number of ether oxygens (including phenoxy) is 1. The molecule has 0 amide bonds. The Morgan fingerprint density at radius 2 is 1.93 bits per heavy atom. The van der Waals surface area contributed by atoms with E-state index in [0.29, 0.717) is 40.9 Å². The molecule has 2 fully saturated rings. The van der Waals surface area contributed by atoms with Gasteiger partial charge in [0.25, 0.3) is 0 Å². The van der Waals surface area contributed by atoms with Crippen molar-refractivity contribution >= 4 is 34.9 Å². The van der Waals surface area contributed by atoms with Gasteiger partial charge in [0.15, 0.2) is 0 Å². The van der Waals surface area contributed by atoms with E-state index in [1.54, 1.807) is 0 Å². The fourth-order valence-corrected chi connectivity index (χ4v) is 6.42. The first-order valence-corrected chi connectivity index (χ1v) is 10.8. The van der Waals surface area contributed by atoms with Crippen molar-refractivity contribution < 1.29 is 9.53 Å². The third-order valence-electron chi connectivity index (χ3n) is 6.90. The summed E-state index contributed by atoms with van der Waals surface area (Å²) in [5.41, 5.74) is 4.14. The first-order chi connectivity index (χ1) is 13.6. The molecule has 2 saturated carbocycles. The van der Waals surface area contributed by atoms with E-state index >= 15 is 0 Å². The van der Waals surface area contributed by atoms with Crippen molar-refractivity contribution in [2.75, 3.05) is 11.9 Å². The molecule has 0 saturated heterocycles. The fourth-order valence-electron chi connectivity index (χ4n) is 5.89. The molecule has 2 aromatic rings. The lowest BCUT2D eigenvalue weighted by atomic mass is 9.68. The van der Waals surface area contributed by atoms with Gasteiger partial charge in [-0.3, -0.25) is 0 Å². The van der Waals surface area contributed by atoms with Crippen molar-refractivity contribution in [2.24, 2.45) is 17.8 Å². The molecular formula is C23H23Cl2NO2. The average molecular weight is 416 g/mol. The van der Waals surface area contributed by atoms with Crippen molar-refractivity contribution in [3.63, 3.8) is 0 Å². The summed E-state index contributed by atoms with van der Waals surface area (Å²) >= 11 is 12.7. The fraction of sp³-hybridized carbons (Fsp3) is 0.435. The number of nitrogens with one attached hydrogen (secondary N) is 1. The first kappa shape index (κ1) is 18.3. The molecule has 3 aliphatic rings. The van der Waals surface area contributed by atoms with Crippen LogP contribution in [-0.4, -0.2) is 12.6 Å². The van der Waals surface area contributed by atoms with Gasteiger partial charge in [0.2, 0.25) is 0 Å². The number of anilines is 1. The summed E-state index contributed by atoms with van der Waals surface area (Å²) in [7, 11) is 0. The van der Waals surface area contributed by atoms with Crippen LogP contribution < -0.4 is 5.32 Å². The predicted molar refractivity (Wildman–Crippen MR) is 112 cm³/mol. The van der Waals surface area contributed by atoms with E-state index in [1.165, 1.54) is 24.8 Å². The number of esters is 1. The van der Waals surface area contributed by atoms with Gasteiger partial charge in [-0.1, -0.05) is 29.3 Å². The second-order valence-electron chi connectivity index (χ2n) is 8.25. The monoisotopic (exact) mass is 415 g/mol. The highest BCUT2D eigenvalue weighted by molar-refractivity contribution is 6.35. The number of halogens is 2. The van der Waals surface area contributed by atoms with Crippen molar-refractivity contribution in [1.82, 2.24) is 0 Å². The molecule has 146 valence electrons. The SMILES string of the molecule is CCOC(=O)c1ccc2c(c1)[C@@H]1[C@H]3CC[C@@H](C3)[C@H]1[C@@H](c1ccc(Cl)cc1Cl)N2. The highest BCUT2D eigenvalue weighted by Crippen LogP contribution is 2.64. The maximum absolute atomic E-state index is 12.3. The van der Waals surface area contributed by atoms with Crippen LogP contribution in [-0.2, 0) is 4.74 Å². The molecule has 0 spiro atoms. The van der Waals surface area contributed by atoms with E-state index in [2.05, 4.69) is 17.4 Å². The summed E-state index contributed by atoms with van der Waals surface area (Å²) in [6.07, 6.45) is 3.82. The Morgan fingerprint density at radius 1 is 1.11 bits per heavy atom. The summed E-state index contributed by atoms with van der Waals surface area (Å²) in [5, 5.41) is 5.13. The van der Waals surface area contributed by atoms with Gasteiger partial charge in [0, 0.05) is 15.7 Å². The normalized spacial score (nSPS) is 29.8. The molecule has 2 aliphatic carbocycles. The topological polar surface area (TPSA) is 38.3 Å². The Balaban J connectivity index is 1.59. The quantitative estimate of drug-likeness (QED) is 0.583. The molecule has 1 N–H and O–H groups in total. The summed E-state index contributed by atoms with van der Waals surface area (Å²) in [6, 6.07) is 11.9. The standard InChI is InChI=1S/C23H23Cl2NO2/c1-2-28-23(27)14-5-8-19-17(10-14)20-12-3-4-13(9-12)21(20)22(26-19)16-7-6-15(24)11-18(16)25/h5-8,10-13,20-22,26H,2-4,9H2,1H3/t12-,13-,20-,21+,22+/m0/s1. The van der Waals surface area contributed by atoms with Crippen molar-refractivity contribution in [2.45, 2.75) is 38.1 Å². The van der Waals surface area contributed by atoms with Crippen LogP contribution in [0, 0.1) is 17.8 Å². The molecule has 5 heteroatoms. The summed E-state index contributed by atoms with van der Waals surface area (Å²) in [5.74, 6) is 2.08. The van der Waals surface area contributed by atoms with Crippen LogP contribution in [0.2, 0.25) is 10.0 Å². The van der Waals surface area contributed by atoms with Gasteiger partial charge in [-0.05, 0) is 91.3 Å². The van der Waals surface area contributed by atoms with Crippen LogP contribution in [0.5, 0.6) is 0 Å². The summed E-state index contributed by atoms with van der Waals surface area (Å²) in [6.45, 7) is 2.23. The summed E-state index contributed by atoms with van der Waals surface area (Å²) in [4.78, 5) is 12.3. The van der Waals surface area contributed by atoms with Crippen LogP contribution in [0.4, 0.5) is 5.69 Å². The minimum Gasteiger partial charge on any atom is -0.462 e. The highest BCUT2D eigenvalue weighted by Gasteiger charge is 2.54. The Morgan fingerprint density at radius 3 is 2.71 bits per heavy atom. The molecule has 0 radical (unpaired) electrons. The minimum absolute atomic E-state index is 0.172. The molecule has 1 aliphatic heterocycles. The van der Waals surface area contributed by atoms with E-state index in [1.807, 2.05) is 31.2 Å². The Bertz CT molecular complexity index is 944. The molecule has 0 aromatic heterocycles. The number of fused-ring (bicyclic) bond motifs is 7. The van der Waals surface area contributed by atoms with Crippen LogP contribution >= 0.6 is 23.2 Å². The van der Waals surface area contributed by atoms with Crippen LogP contribution in [0.15, 0.2) is 36.4 Å². The number of rotatable bonds is 3. The molecule has 2 aromatic carbocycles. The largest absolute Gasteiger partial charge is 0.462 e. The molecule has 2 bridgehead atoms. The maximum atomic E-state index is 12.3. The second-order valence-corrected chi connectivity index (χ2v) is 9.09. The molecule has 1 heterocycles. The Labute approximate surface area is 175 Å². The molecular weight excluding hydrogens is 393 g/mol. The third-order valence-corrected chi connectivity index (χ3v) is 7.46. The van der Waals surface area contributed by atoms with E-state index in [9.17, 15) is 4.79 Å². The van der Waals surface area contributed by atoms with Gasteiger partial charge in [0.1, 0.15) is 0 Å². The predicted octanol–water partition coefficient (Wildman–Crippen LogP) is 6.47. The molecule has 3 nitrogen and oxygen atoms in total. The lowest BCUT2D eigenvalue weighted by Gasteiger charge is -2.44. The van der Waals surface area contributed by atoms with Gasteiger partial charge >= 0.3 is 5.97 Å². The number of benzene rings is 2. The first-order valence-electron chi connectivity index (χ1n) is 10.1. The molecule has 28 heavy (non-hydrogen) atoms. The number of carbonyl (C=O) groups excluding carboxylic acids is 1. The molecule has 5 atom stereocenters. The van der Waals surface area contributed by atoms with Crippen LogP contribution in [0.1, 0.15) is 59.6 Å². The zero-order valence-corrected chi connectivity index (χ0v) is 17.3. The summed E-state index contributed by atoms with van der Waals surface area (Å²) < 4.78 is 5.22. The smallest absolute Gasteiger partial charge is 0.338 e. The lowest BCUT2D eigenvalue weighted by molar-refractivity contribution is 0.0526. The van der Waals surface area contributed by atoms with E-state index in [0.717, 1.165) is 16.3 Å².